The average Bonchev–Trinajstić information content (AvgIpc) is 2.34. The lowest BCUT2D eigenvalue weighted by atomic mass is 10.2. The number of hydrogen-bond acceptors (Lipinski definition) is 4. The Bertz CT molecular complexity index is 408. The number of carbonyl (C=O) groups is 3. The van der Waals surface area contributed by atoms with Gasteiger partial charge in [-0.15, -0.1) is 0 Å². The molecule has 0 aromatic rings. The van der Waals surface area contributed by atoms with Crippen molar-refractivity contribution < 1.29 is 14.4 Å². The molecular weight excluding hydrogens is 248 g/mol. The zero-order valence-electron chi connectivity index (χ0n) is 11.6. The number of amides is 3. The largest absolute Gasteiger partial charge is 0.347 e. The first kappa shape index (κ1) is 15.1. The maximum atomic E-state index is 11.8. The van der Waals surface area contributed by atoms with Gasteiger partial charge in [0.2, 0.25) is 17.7 Å². The number of nitrogens with zero attached hydrogens (tertiary/aromatic N) is 1. The van der Waals surface area contributed by atoms with Gasteiger partial charge in [-0.3, -0.25) is 19.4 Å². The van der Waals surface area contributed by atoms with Crippen LogP contribution >= 0.6 is 0 Å². The molecule has 3 amide bonds. The van der Waals surface area contributed by atoms with Gasteiger partial charge in [0.15, 0.2) is 0 Å². The molecule has 0 fully saturated rings. The summed E-state index contributed by atoms with van der Waals surface area (Å²) in [6.07, 6.45) is 1.52. The maximum Gasteiger partial charge on any atom is 0.245 e. The Hall–Kier alpha value is -1.92. The zero-order chi connectivity index (χ0) is 14.6. The maximum absolute atomic E-state index is 11.8. The third-order valence-corrected chi connectivity index (χ3v) is 2.79. The molecule has 0 radical (unpaired) electrons. The summed E-state index contributed by atoms with van der Waals surface area (Å²) in [7, 11) is 0. The van der Waals surface area contributed by atoms with Crippen LogP contribution in [0.3, 0.4) is 0 Å². The molecular formula is C12H20N4O3. The van der Waals surface area contributed by atoms with E-state index in [-0.39, 0.29) is 17.9 Å². The first-order valence-corrected chi connectivity index (χ1v) is 6.25. The monoisotopic (exact) mass is 268 g/mol. The minimum atomic E-state index is -0.711. The van der Waals surface area contributed by atoms with Gasteiger partial charge < -0.3 is 16.0 Å². The zero-order valence-corrected chi connectivity index (χ0v) is 11.6. The predicted octanol–water partition coefficient (Wildman–Crippen LogP) is -1.03. The molecule has 0 saturated carbocycles. The van der Waals surface area contributed by atoms with E-state index < -0.39 is 24.0 Å². The first-order chi connectivity index (χ1) is 8.81. The molecule has 1 aliphatic heterocycles. The molecule has 0 bridgehead atoms. The van der Waals surface area contributed by atoms with Crippen LogP contribution in [0.15, 0.2) is 4.99 Å². The fourth-order valence-corrected chi connectivity index (χ4v) is 1.52. The third kappa shape index (κ3) is 4.35. The third-order valence-electron chi connectivity index (χ3n) is 2.79. The number of nitrogens with one attached hydrogen (secondary N) is 3. The Morgan fingerprint density at radius 2 is 1.32 bits per heavy atom. The van der Waals surface area contributed by atoms with E-state index in [0.717, 1.165) is 0 Å². The summed E-state index contributed by atoms with van der Waals surface area (Å²) in [5.74, 6) is -1.02. The average molecular weight is 268 g/mol. The molecule has 0 saturated heterocycles. The van der Waals surface area contributed by atoms with Crippen LogP contribution in [0.2, 0.25) is 0 Å². The van der Waals surface area contributed by atoms with Crippen LogP contribution in [0.1, 0.15) is 27.7 Å². The van der Waals surface area contributed by atoms with E-state index in [1.54, 1.807) is 27.7 Å². The molecule has 19 heavy (non-hydrogen) atoms. The van der Waals surface area contributed by atoms with Crippen LogP contribution in [0.5, 0.6) is 0 Å². The molecule has 0 aromatic carbocycles. The molecule has 0 unspecified atom stereocenters. The van der Waals surface area contributed by atoms with Gasteiger partial charge in [0.25, 0.3) is 0 Å². The first-order valence-electron chi connectivity index (χ1n) is 6.25. The molecule has 7 nitrogen and oxygen atoms in total. The normalized spacial score (nSPS) is 33.6. The lowest BCUT2D eigenvalue weighted by Crippen LogP contribution is -2.54. The number of carbonyl (C=O) groups excluding carboxylic acids is 3. The summed E-state index contributed by atoms with van der Waals surface area (Å²) in [4.78, 5) is 39.3. The van der Waals surface area contributed by atoms with Gasteiger partial charge in [0.1, 0.15) is 18.1 Å². The van der Waals surface area contributed by atoms with Crippen LogP contribution in [-0.2, 0) is 14.4 Å². The van der Waals surface area contributed by atoms with Crippen LogP contribution in [-0.4, -0.2) is 48.1 Å². The van der Waals surface area contributed by atoms with Crippen molar-refractivity contribution in [1.82, 2.24) is 16.0 Å². The van der Waals surface area contributed by atoms with Gasteiger partial charge in [-0.2, -0.15) is 0 Å². The Balaban J connectivity index is 2.91. The van der Waals surface area contributed by atoms with Crippen molar-refractivity contribution in [3.05, 3.63) is 0 Å². The van der Waals surface area contributed by atoms with Crippen molar-refractivity contribution in [1.29, 1.82) is 0 Å². The van der Waals surface area contributed by atoms with Crippen LogP contribution < -0.4 is 16.0 Å². The summed E-state index contributed by atoms with van der Waals surface area (Å²) < 4.78 is 0. The van der Waals surface area contributed by atoms with Gasteiger partial charge in [-0.25, -0.2) is 0 Å². The molecule has 1 aliphatic rings. The van der Waals surface area contributed by atoms with E-state index in [4.69, 9.17) is 0 Å². The molecule has 1 heterocycles. The van der Waals surface area contributed by atoms with Gasteiger partial charge in [0.05, 0.1) is 6.04 Å². The van der Waals surface area contributed by atoms with E-state index in [1.807, 2.05) is 0 Å². The van der Waals surface area contributed by atoms with E-state index >= 15 is 0 Å². The molecule has 7 heteroatoms. The fraction of sp³-hybridized carbons (Fsp3) is 0.667. The van der Waals surface area contributed by atoms with E-state index in [1.165, 1.54) is 6.21 Å². The van der Waals surface area contributed by atoms with Crippen LogP contribution in [0.25, 0.3) is 0 Å². The summed E-state index contributed by atoms with van der Waals surface area (Å²) in [6, 6.07) is -2.29. The Morgan fingerprint density at radius 3 is 1.89 bits per heavy atom. The highest BCUT2D eigenvalue weighted by Gasteiger charge is 2.23. The van der Waals surface area contributed by atoms with E-state index in [2.05, 4.69) is 20.9 Å². The highest BCUT2D eigenvalue weighted by Crippen LogP contribution is 1.95. The van der Waals surface area contributed by atoms with Crippen molar-refractivity contribution in [3.63, 3.8) is 0 Å². The van der Waals surface area contributed by atoms with Crippen LogP contribution in [0.4, 0.5) is 0 Å². The molecule has 1 rings (SSSR count). The molecule has 3 N–H and O–H groups in total. The van der Waals surface area contributed by atoms with Gasteiger partial charge >= 0.3 is 0 Å². The second kappa shape index (κ2) is 6.31. The lowest BCUT2D eigenvalue weighted by molar-refractivity contribution is -0.131. The van der Waals surface area contributed by atoms with E-state index in [9.17, 15) is 14.4 Å². The van der Waals surface area contributed by atoms with Crippen molar-refractivity contribution in [3.8, 4) is 0 Å². The highest BCUT2D eigenvalue weighted by molar-refractivity contribution is 5.94. The smallest absolute Gasteiger partial charge is 0.245 e. The molecule has 0 aliphatic carbocycles. The van der Waals surface area contributed by atoms with Gasteiger partial charge in [0, 0.05) is 6.21 Å². The second-order valence-electron chi connectivity index (χ2n) is 4.73. The Kier molecular flexibility index (Phi) is 5.02. The number of rotatable bonds is 0. The summed E-state index contributed by atoms with van der Waals surface area (Å²) >= 11 is 0. The minimum Gasteiger partial charge on any atom is -0.347 e. The number of aliphatic imine (C=N–C) groups is 1. The molecule has 0 aromatic heterocycles. The SMILES string of the molecule is C[C@@H]1N=C[C@H](C)NC(=O)[C@H](C)NC(=O)[C@H](C)NC1=O. The minimum absolute atomic E-state index is 0.293. The topological polar surface area (TPSA) is 99.7 Å². The van der Waals surface area contributed by atoms with Crippen molar-refractivity contribution in [2.24, 2.45) is 4.99 Å². The van der Waals surface area contributed by atoms with Crippen molar-refractivity contribution in [2.75, 3.05) is 0 Å². The van der Waals surface area contributed by atoms with E-state index in [0.29, 0.717) is 0 Å². The van der Waals surface area contributed by atoms with Crippen molar-refractivity contribution in [2.45, 2.75) is 51.9 Å². The van der Waals surface area contributed by atoms with Gasteiger partial charge in [-0.1, -0.05) is 0 Å². The quantitative estimate of drug-likeness (QED) is 0.524. The molecule has 4 atom stereocenters. The lowest BCUT2D eigenvalue weighted by Gasteiger charge is -2.21. The Morgan fingerprint density at radius 1 is 0.842 bits per heavy atom. The highest BCUT2D eigenvalue weighted by atomic mass is 16.2. The second-order valence-corrected chi connectivity index (χ2v) is 4.73. The standard InChI is InChI=1S/C12H20N4O3/c1-6-5-13-7(2)10(17)15-9(4)12(19)16-8(3)11(18)14-6/h5-9H,1-4H3,(H,14,18)(H,15,17)(H,16,19)/t6-,7-,8-,9-/m0/s1. The molecule has 0 spiro atoms. The van der Waals surface area contributed by atoms with Crippen molar-refractivity contribution >= 4 is 23.9 Å². The summed E-state index contributed by atoms with van der Waals surface area (Å²) in [5.41, 5.74) is 0. The fourth-order valence-electron chi connectivity index (χ4n) is 1.52. The van der Waals surface area contributed by atoms with Crippen LogP contribution in [0, 0.1) is 0 Å². The predicted molar refractivity (Wildman–Crippen MR) is 70.8 cm³/mol. The summed E-state index contributed by atoms with van der Waals surface area (Å²) in [6.45, 7) is 6.51. The Labute approximate surface area is 112 Å². The van der Waals surface area contributed by atoms with Gasteiger partial charge in [-0.05, 0) is 27.7 Å². The number of hydrogen-bond donors (Lipinski definition) is 3. The molecule has 106 valence electrons. The summed E-state index contributed by atoms with van der Waals surface area (Å²) in [5, 5.41) is 7.78.